The van der Waals surface area contributed by atoms with Crippen LogP contribution in [0.3, 0.4) is 0 Å². The third-order valence-corrected chi connectivity index (χ3v) is 5.29. The highest BCUT2D eigenvalue weighted by atomic mass is 15.3. The van der Waals surface area contributed by atoms with E-state index in [0.717, 1.165) is 32.1 Å². The number of nitrogens with one attached hydrogen (secondary N) is 2. The van der Waals surface area contributed by atoms with Crippen LogP contribution in [0.25, 0.3) is 0 Å². The van der Waals surface area contributed by atoms with Crippen molar-refractivity contribution < 1.29 is 0 Å². The normalized spacial score (nSPS) is 18.4. The van der Waals surface area contributed by atoms with Gasteiger partial charge in [-0.05, 0) is 49.0 Å². The summed E-state index contributed by atoms with van der Waals surface area (Å²) in [4.78, 5) is 6.93. The number of aromatic nitrogens is 2. The Kier molecular flexibility index (Phi) is 7.27. The molecule has 1 aromatic heterocycles. The Morgan fingerprint density at radius 3 is 2.81 bits per heavy atom. The average molecular weight is 369 g/mol. The number of likely N-dealkylation sites (tertiary alicyclic amines) is 1. The van der Waals surface area contributed by atoms with Crippen molar-refractivity contribution in [3.63, 3.8) is 0 Å². The van der Waals surface area contributed by atoms with Crippen LogP contribution in [0.2, 0.25) is 0 Å². The maximum Gasteiger partial charge on any atom is 0.191 e. The molecular weight excluding hydrogens is 336 g/mol. The van der Waals surface area contributed by atoms with Crippen molar-refractivity contribution >= 4 is 5.96 Å². The Balaban J connectivity index is 1.51. The number of rotatable bonds is 7. The topological polar surface area (TPSA) is 57.5 Å². The number of aliphatic imine (C=N–C) groups is 1. The van der Waals surface area contributed by atoms with Gasteiger partial charge in [0.25, 0.3) is 0 Å². The van der Waals surface area contributed by atoms with Crippen molar-refractivity contribution in [2.45, 2.75) is 32.9 Å². The lowest BCUT2D eigenvalue weighted by molar-refractivity contribution is 0.183. The van der Waals surface area contributed by atoms with E-state index < -0.39 is 0 Å². The molecule has 0 aliphatic carbocycles. The average Bonchev–Trinajstić information content (AvgIpc) is 3.22. The Labute approximate surface area is 162 Å². The van der Waals surface area contributed by atoms with E-state index in [0.29, 0.717) is 5.92 Å². The van der Waals surface area contributed by atoms with Crippen LogP contribution in [-0.2, 0) is 13.1 Å². The molecule has 0 bridgehead atoms. The van der Waals surface area contributed by atoms with Crippen LogP contribution in [0.1, 0.15) is 30.9 Å². The van der Waals surface area contributed by atoms with Crippen molar-refractivity contribution in [2.24, 2.45) is 10.9 Å². The van der Waals surface area contributed by atoms with Gasteiger partial charge >= 0.3 is 0 Å². The molecule has 1 saturated heterocycles. The SMILES string of the molecule is CCN1CCCC(CNC(=NC)NCc2ccccc2Cn2cccn2)C1. The van der Waals surface area contributed by atoms with Crippen molar-refractivity contribution in [1.29, 1.82) is 0 Å². The number of guanidine groups is 1. The first-order valence-corrected chi connectivity index (χ1v) is 9.99. The molecule has 2 aromatic rings. The predicted molar refractivity (Wildman–Crippen MR) is 111 cm³/mol. The minimum absolute atomic E-state index is 0.698. The lowest BCUT2D eigenvalue weighted by Gasteiger charge is -2.32. The monoisotopic (exact) mass is 368 g/mol. The number of piperidine rings is 1. The Hall–Kier alpha value is -2.34. The molecule has 2 N–H and O–H groups in total. The minimum Gasteiger partial charge on any atom is -0.356 e. The van der Waals surface area contributed by atoms with E-state index in [2.05, 4.69) is 56.8 Å². The largest absolute Gasteiger partial charge is 0.356 e. The summed E-state index contributed by atoms with van der Waals surface area (Å²) in [7, 11) is 1.84. The lowest BCUT2D eigenvalue weighted by atomic mass is 9.98. The molecule has 3 rings (SSSR count). The second-order valence-corrected chi connectivity index (χ2v) is 7.18. The van der Waals surface area contributed by atoms with Gasteiger partial charge in [0.05, 0.1) is 6.54 Å². The zero-order valence-electron chi connectivity index (χ0n) is 16.6. The fourth-order valence-electron chi connectivity index (χ4n) is 3.70. The fraction of sp³-hybridized carbons (Fsp3) is 0.524. The molecule has 0 amide bonds. The number of nitrogens with zero attached hydrogens (tertiary/aromatic N) is 4. The molecule has 1 aromatic carbocycles. The molecule has 1 atom stereocenters. The van der Waals surface area contributed by atoms with Gasteiger partial charge in [-0.2, -0.15) is 5.10 Å². The number of benzene rings is 1. The van der Waals surface area contributed by atoms with Gasteiger partial charge < -0.3 is 15.5 Å². The van der Waals surface area contributed by atoms with Gasteiger partial charge in [-0.25, -0.2) is 0 Å². The molecule has 6 nitrogen and oxygen atoms in total. The molecule has 0 radical (unpaired) electrons. The summed E-state index contributed by atoms with van der Waals surface area (Å²) in [5.74, 6) is 1.57. The molecule has 27 heavy (non-hydrogen) atoms. The van der Waals surface area contributed by atoms with E-state index in [9.17, 15) is 0 Å². The van der Waals surface area contributed by atoms with E-state index in [1.807, 2.05) is 30.2 Å². The molecule has 0 spiro atoms. The van der Waals surface area contributed by atoms with E-state index in [-0.39, 0.29) is 0 Å². The van der Waals surface area contributed by atoms with Crippen LogP contribution in [0, 0.1) is 5.92 Å². The quantitative estimate of drug-likeness (QED) is 0.582. The molecule has 1 unspecified atom stereocenters. The molecule has 146 valence electrons. The van der Waals surface area contributed by atoms with Crippen molar-refractivity contribution in [3.8, 4) is 0 Å². The smallest absolute Gasteiger partial charge is 0.191 e. The van der Waals surface area contributed by atoms with Crippen molar-refractivity contribution in [3.05, 3.63) is 53.9 Å². The summed E-state index contributed by atoms with van der Waals surface area (Å²) in [5, 5.41) is 11.3. The summed E-state index contributed by atoms with van der Waals surface area (Å²) in [6, 6.07) is 10.5. The first-order valence-electron chi connectivity index (χ1n) is 9.99. The van der Waals surface area contributed by atoms with Gasteiger partial charge in [-0.15, -0.1) is 0 Å². The van der Waals surface area contributed by atoms with E-state index in [1.165, 1.54) is 37.1 Å². The Morgan fingerprint density at radius 2 is 2.07 bits per heavy atom. The highest BCUT2D eigenvalue weighted by Gasteiger charge is 2.18. The van der Waals surface area contributed by atoms with Gasteiger partial charge in [0.15, 0.2) is 5.96 Å². The summed E-state index contributed by atoms with van der Waals surface area (Å²) >= 11 is 0. The van der Waals surface area contributed by atoms with Gasteiger partial charge in [0.1, 0.15) is 0 Å². The summed E-state index contributed by atoms with van der Waals surface area (Å²) in [6.45, 7) is 8.34. The first kappa shape index (κ1) is 19.4. The maximum absolute atomic E-state index is 4.40. The van der Waals surface area contributed by atoms with Crippen LogP contribution in [0.15, 0.2) is 47.7 Å². The van der Waals surface area contributed by atoms with E-state index >= 15 is 0 Å². The van der Waals surface area contributed by atoms with Crippen LogP contribution in [-0.4, -0.2) is 53.9 Å². The highest BCUT2D eigenvalue weighted by molar-refractivity contribution is 5.79. The molecule has 1 aliphatic heterocycles. The predicted octanol–water partition coefficient (Wildman–Crippen LogP) is 2.33. The first-order chi connectivity index (χ1) is 13.3. The third-order valence-electron chi connectivity index (χ3n) is 5.29. The van der Waals surface area contributed by atoms with E-state index in [4.69, 9.17) is 0 Å². The van der Waals surface area contributed by atoms with Gasteiger partial charge in [0.2, 0.25) is 0 Å². The van der Waals surface area contributed by atoms with Gasteiger partial charge in [0, 0.05) is 39.1 Å². The Morgan fingerprint density at radius 1 is 1.22 bits per heavy atom. The molecular formula is C21H32N6. The maximum atomic E-state index is 4.40. The lowest BCUT2D eigenvalue weighted by Crippen LogP contribution is -2.44. The molecule has 1 fully saturated rings. The standard InChI is InChI=1S/C21H32N6/c1-3-26-12-6-8-18(16-26)14-23-21(22-2)24-15-19-9-4-5-10-20(19)17-27-13-7-11-25-27/h4-5,7,9-11,13,18H,3,6,8,12,14-17H2,1-2H3,(H2,22,23,24). The summed E-state index contributed by atoms with van der Waals surface area (Å²) in [6.07, 6.45) is 6.41. The molecule has 0 saturated carbocycles. The fourth-order valence-corrected chi connectivity index (χ4v) is 3.70. The molecule has 1 aliphatic rings. The summed E-state index contributed by atoms with van der Waals surface area (Å²) < 4.78 is 1.95. The zero-order chi connectivity index (χ0) is 18.9. The van der Waals surface area contributed by atoms with Crippen LogP contribution < -0.4 is 10.6 Å². The summed E-state index contributed by atoms with van der Waals surface area (Å²) in [5.41, 5.74) is 2.54. The van der Waals surface area contributed by atoms with Crippen molar-refractivity contribution in [1.82, 2.24) is 25.3 Å². The molecule has 6 heteroatoms. The number of hydrogen-bond acceptors (Lipinski definition) is 3. The zero-order valence-corrected chi connectivity index (χ0v) is 16.6. The van der Waals surface area contributed by atoms with E-state index in [1.54, 1.807) is 0 Å². The second kappa shape index (κ2) is 10.1. The third kappa shape index (κ3) is 5.82. The second-order valence-electron chi connectivity index (χ2n) is 7.18. The van der Waals surface area contributed by atoms with Crippen molar-refractivity contribution in [2.75, 3.05) is 33.2 Å². The van der Waals surface area contributed by atoms with Gasteiger partial charge in [-0.1, -0.05) is 31.2 Å². The minimum atomic E-state index is 0.698. The Bertz CT molecular complexity index is 709. The van der Waals surface area contributed by atoms with Crippen LogP contribution >= 0.6 is 0 Å². The van der Waals surface area contributed by atoms with Crippen LogP contribution in [0.5, 0.6) is 0 Å². The number of hydrogen-bond donors (Lipinski definition) is 2. The van der Waals surface area contributed by atoms with Crippen LogP contribution in [0.4, 0.5) is 0 Å². The molecule has 2 heterocycles. The highest BCUT2D eigenvalue weighted by Crippen LogP contribution is 2.15. The van der Waals surface area contributed by atoms with Gasteiger partial charge in [-0.3, -0.25) is 9.67 Å².